The zero-order valence-electron chi connectivity index (χ0n) is 11.3. The molecule has 5 heteroatoms. The van der Waals surface area contributed by atoms with Crippen molar-refractivity contribution < 1.29 is 9.90 Å². The molecule has 0 bridgehead atoms. The lowest BCUT2D eigenvalue weighted by atomic mass is 9.97. The molecule has 2 N–H and O–H groups in total. The summed E-state index contributed by atoms with van der Waals surface area (Å²) in [6, 6.07) is 1.76. The standard InChI is InChI=1S/C14H21N3O2/c1-2-16-13-9-15-6-3-12(13)14(19)17-7-4-11(10-18)5-8-17/h3,6,9,11,16,18H,2,4-5,7-8,10H2,1H3. The van der Waals surface area contributed by atoms with E-state index in [4.69, 9.17) is 5.11 Å². The second-order valence-corrected chi connectivity index (χ2v) is 4.87. The summed E-state index contributed by atoms with van der Waals surface area (Å²) in [5.74, 6) is 0.393. The fraction of sp³-hybridized carbons (Fsp3) is 0.571. The van der Waals surface area contributed by atoms with Gasteiger partial charge in [-0.2, -0.15) is 0 Å². The molecular formula is C14H21N3O2. The van der Waals surface area contributed by atoms with Crippen molar-refractivity contribution in [3.63, 3.8) is 0 Å². The van der Waals surface area contributed by atoms with Crippen LogP contribution in [0.2, 0.25) is 0 Å². The fourth-order valence-corrected chi connectivity index (χ4v) is 2.40. The number of piperidine rings is 1. The predicted molar refractivity (Wildman–Crippen MR) is 74.1 cm³/mol. The second kappa shape index (κ2) is 6.52. The minimum absolute atomic E-state index is 0.0507. The van der Waals surface area contributed by atoms with Crippen LogP contribution in [-0.4, -0.2) is 47.1 Å². The van der Waals surface area contributed by atoms with Crippen LogP contribution >= 0.6 is 0 Å². The summed E-state index contributed by atoms with van der Waals surface area (Å²) >= 11 is 0. The largest absolute Gasteiger partial charge is 0.396 e. The third-order valence-corrected chi connectivity index (χ3v) is 3.58. The Labute approximate surface area is 113 Å². The Balaban J connectivity index is 2.07. The summed E-state index contributed by atoms with van der Waals surface area (Å²) in [4.78, 5) is 18.4. The monoisotopic (exact) mass is 263 g/mol. The van der Waals surface area contributed by atoms with Crippen LogP contribution in [-0.2, 0) is 0 Å². The van der Waals surface area contributed by atoms with Crippen molar-refractivity contribution >= 4 is 11.6 Å². The molecule has 1 aliphatic heterocycles. The van der Waals surface area contributed by atoms with E-state index in [0.29, 0.717) is 11.5 Å². The zero-order chi connectivity index (χ0) is 13.7. The van der Waals surface area contributed by atoms with Crippen molar-refractivity contribution in [1.82, 2.24) is 9.88 Å². The number of amides is 1. The van der Waals surface area contributed by atoms with E-state index >= 15 is 0 Å². The second-order valence-electron chi connectivity index (χ2n) is 4.87. The van der Waals surface area contributed by atoms with E-state index in [1.165, 1.54) is 0 Å². The first kappa shape index (κ1) is 13.8. The van der Waals surface area contributed by atoms with Gasteiger partial charge in [-0.25, -0.2) is 0 Å². The molecule has 1 amide bonds. The van der Waals surface area contributed by atoms with Crippen LogP contribution in [0.4, 0.5) is 5.69 Å². The van der Waals surface area contributed by atoms with Crippen molar-refractivity contribution in [2.24, 2.45) is 5.92 Å². The van der Waals surface area contributed by atoms with Crippen LogP contribution in [0.1, 0.15) is 30.1 Å². The summed E-state index contributed by atoms with van der Waals surface area (Å²) in [7, 11) is 0. The lowest BCUT2D eigenvalue weighted by Crippen LogP contribution is -2.39. The molecule has 1 aromatic heterocycles. The van der Waals surface area contributed by atoms with Gasteiger partial charge in [-0.15, -0.1) is 0 Å². The Bertz CT molecular complexity index is 428. The molecule has 104 valence electrons. The van der Waals surface area contributed by atoms with Gasteiger partial charge in [0.2, 0.25) is 0 Å². The molecule has 0 spiro atoms. The zero-order valence-corrected chi connectivity index (χ0v) is 11.3. The van der Waals surface area contributed by atoms with E-state index in [1.807, 2.05) is 11.8 Å². The number of carbonyl (C=O) groups excluding carboxylic acids is 1. The molecule has 0 aliphatic carbocycles. The van der Waals surface area contributed by atoms with Crippen LogP contribution in [0.15, 0.2) is 18.5 Å². The van der Waals surface area contributed by atoms with Crippen LogP contribution in [0.5, 0.6) is 0 Å². The number of nitrogens with one attached hydrogen (secondary N) is 1. The van der Waals surface area contributed by atoms with E-state index in [2.05, 4.69) is 10.3 Å². The molecule has 1 saturated heterocycles. The minimum atomic E-state index is 0.0507. The Kier molecular flexibility index (Phi) is 4.74. The van der Waals surface area contributed by atoms with E-state index in [1.54, 1.807) is 18.5 Å². The summed E-state index contributed by atoms with van der Waals surface area (Å²) in [5, 5.41) is 12.3. The molecule has 0 atom stereocenters. The topological polar surface area (TPSA) is 65.5 Å². The van der Waals surface area contributed by atoms with E-state index in [0.717, 1.165) is 38.2 Å². The van der Waals surface area contributed by atoms with Crippen LogP contribution in [0, 0.1) is 5.92 Å². The molecule has 1 aromatic rings. The van der Waals surface area contributed by atoms with Crippen molar-refractivity contribution in [3.8, 4) is 0 Å². The highest BCUT2D eigenvalue weighted by Gasteiger charge is 2.24. The fourth-order valence-electron chi connectivity index (χ4n) is 2.40. The average molecular weight is 263 g/mol. The molecule has 19 heavy (non-hydrogen) atoms. The van der Waals surface area contributed by atoms with Crippen molar-refractivity contribution in [1.29, 1.82) is 0 Å². The van der Waals surface area contributed by atoms with Gasteiger partial charge in [-0.3, -0.25) is 9.78 Å². The predicted octanol–water partition coefficient (Wildman–Crippen LogP) is 1.36. The minimum Gasteiger partial charge on any atom is -0.396 e. The summed E-state index contributed by atoms with van der Waals surface area (Å²) in [5.41, 5.74) is 1.47. The number of nitrogens with zero attached hydrogens (tertiary/aromatic N) is 2. The van der Waals surface area contributed by atoms with Gasteiger partial charge in [0.05, 0.1) is 17.4 Å². The lowest BCUT2D eigenvalue weighted by Gasteiger charge is -2.31. The maximum absolute atomic E-state index is 12.5. The third kappa shape index (κ3) is 3.23. The highest BCUT2D eigenvalue weighted by atomic mass is 16.3. The summed E-state index contributed by atoms with van der Waals surface area (Å²) in [6.07, 6.45) is 5.10. The Hall–Kier alpha value is -1.62. The van der Waals surface area contributed by atoms with Crippen molar-refractivity contribution in [2.45, 2.75) is 19.8 Å². The quantitative estimate of drug-likeness (QED) is 0.861. The number of rotatable bonds is 4. The van der Waals surface area contributed by atoms with Gasteiger partial charge < -0.3 is 15.3 Å². The molecular weight excluding hydrogens is 242 g/mol. The normalized spacial score (nSPS) is 16.4. The number of aliphatic hydroxyl groups is 1. The highest BCUT2D eigenvalue weighted by molar-refractivity contribution is 5.99. The van der Waals surface area contributed by atoms with Gasteiger partial charge in [0.15, 0.2) is 0 Å². The van der Waals surface area contributed by atoms with Crippen LogP contribution < -0.4 is 5.32 Å². The van der Waals surface area contributed by atoms with E-state index < -0.39 is 0 Å². The molecule has 1 aliphatic rings. The average Bonchev–Trinajstić information content (AvgIpc) is 2.47. The van der Waals surface area contributed by atoms with Crippen LogP contribution in [0.25, 0.3) is 0 Å². The number of aromatic nitrogens is 1. The number of hydrogen-bond donors (Lipinski definition) is 2. The first-order valence-corrected chi connectivity index (χ1v) is 6.84. The number of carbonyl (C=O) groups is 1. The summed E-state index contributed by atoms with van der Waals surface area (Å²) in [6.45, 7) is 4.42. The number of anilines is 1. The Morgan fingerprint density at radius 1 is 1.53 bits per heavy atom. The molecule has 0 saturated carbocycles. The number of hydrogen-bond acceptors (Lipinski definition) is 4. The van der Waals surface area contributed by atoms with Gasteiger partial charge in [-0.05, 0) is 31.7 Å². The van der Waals surface area contributed by atoms with Gasteiger partial charge in [0.1, 0.15) is 0 Å². The Morgan fingerprint density at radius 3 is 2.89 bits per heavy atom. The molecule has 2 heterocycles. The maximum atomic E-state index is 12.5. The third-order valence-electron chi connectivity index (χ3n) is 3.58. The van der Waals surface area contributed by atoms with Crippen molar-refractivity contribution in [2.75, 3.05) is 31.6 Å². The first-order valence-electron chi connectivity index (χ1n) is 6.84. The van der Waals surface area contributed by atoms with Crippen LogP contribution in [0.3, 0.4) is 0 Å². The first-order chi connectivity index (χ1) is 9.26. The summed E-state index contributed by atoms with van der Waals surface area (Å²) < 4.78 is 0. The molecule has 1 fully saturated rings. The molecule has 0 radical (unpaired) electrons. The smallest absolute Gasteiger partial charge is 0.256 e. The van der Waals surface area contributed by atoms with Gasteiger partial charge >= 0.3 is 0 Å². The number of pyridine rings is 1. The van der Waals surface area contributed by atoms with E-state index in [-0.39, 0.29) is 12.5 Å². The molecule has 0 unspecified atom stereocenters. The SMILES string of the molecule is CCNc1cnccc1C(=O)N1CCC(CO)CC1. The highest BCUT2D eigenvalue weighted by Crippen LogP contribution is 2.21. The number of likely N-dealkylation sites (tertiary alicyclic amines) is 1. The molecule has 0 aromatic carbocycles. The lowest BCUT2D eigenvalue weighted by molar-refractivity contribution is 0.0651. The van der Waals surface area contributed by atoms with Gasteiger partial charge in [-0.1, -0.05) is 0 Å². The van der Waals surface area contributed by atoms with E-state index in [9.17, 15) is 4.79 Å². The van der Waals surface area contributed by atoms with Gasteiger partial charge in [0.25, 0.3) is 5.91 Å². The molecule has 2 rings (SSSR count). The van der Waals surface area contributed by atoms with Gasteiger partial charge in [0, 0.05) is 32.4 Å². The molecule has 5 nitrogen and oxygen atoms in total. The maximum Gasteiger partial charge on any atom is 0.256 e. The Morgan fingerprint density at radius 2 is 2.26 bits per heavy atom. The van der Waals surface area contributed by atoms with Crippen molar-refractivity contribution in [3.05, 3.63) is 24.0 Å². The number of aliphatic hydroxyl groups excluding tert-OH is 1.